The maximum Gasteiger partial charge on any atom is 0.331 e. The van der Waals surface area contributed by atoms with Crippen LogP contribution in [0.25, 0.3) is 0 Å². The van der Waals surface area contributed by atoms with E-state index in [1.165, 1.54) is 0 Å². The van der Waals surface area contributed by atoms with Gasteiger partial charge in [0.25, 0.3) is 0 Å². The average molecular weight is 154 g/mol. The monoisotopic (exact) mass is 154 g/mol. The van der Waals surface area contributed by atoms with E-state index in [4.69, 9.17) is 10.2 Å². The Bertz CT molecular complexity index is 101. The number of hydrogen-bond acceptors (Lipinski definition) is 4. The summed E-state index contributed by atoms with van der Waals surface area (Å²) < 4.78 is -1.60. The first-order chi connectivity index (χ1) is 3.50. The highest BCUT2D eigenvalue weighted by Crippen LogP contribution is 2.17. The van der Waals surface area contributed by atoms with Crippen LogP contribution in [0.1, 0.15) is 0 Å². The Balaban J connectivity index is 3.91. The highest BCUT2D eigenvalue weighted by Gasteiger charge is 2.28. The van der Waals surface area contributed by atoms with Gasteiger partial charge in [-0.1, -0.05) is 0 Å². The van der Waals surface area contributed by atoms with Crippen molar-refractivity contribution in [1.82, 2.24) is 0 Å². The van der Waals surface area contributed by atoms with Crippen molar-refractivity contribution in [3.8, 4) is 0 Å². The molecule has 0 aliphatic carbocycles. The Kier molecular flexibility index (Phi) is 2.65. The lowest BCUT2D eigenvalue weighted by atomic mass is 10.4. The molecule has 48 valence electrons. The summed E-state index contributed by atoms with van der Waals surface area (Å²) >= 11 is 6.99. The van der Waals surface area contributed by atoms with Gasteiger partial charge in [0, 0.05) is 0 Å². The summed E-state index contributed by atoms with van der Waals surface area (Å²) in [6.07, 6.45) is 0. The number of carbonyl (C=O) groups is 1. The maximum atomic E-state index is 9.94. The second kappa shape index (κ2) is 2.61. The largest absolute Gasteiger partial charge is 0.480 e. The van der Waals surface area contributed by atoms with Crippen LogP contribution < -0.4 is 0 Å². The van der Waals surface area contributed by atoms with Gasteiger partial charge in [-0.2, -0.15) is 0 Å². The number of carboxylic acid groups (broad SMARTS) is 1. The number of aliphatic carboxylic acids is 1. The molecule has 0 atom stereocenters. The molecule has 0 aliphatic rings. The number of rotatable bonds is 2. The van der Waals surface area contributed by atoms with Crippen LogP contribution in [0.5, 0.6) is 0 Å². The van der Waals surface area contributed by atoms with E-state index < -0.39 is 16.7 Å². The van der Waals surface area contributed by atoms with Crippen molar-refractivity contribution >= 4 is 31.2 Å². The van der Waals surface area contributed by atoms with E-state index in [0.29, 0.717) is 0 Å². The van der Waals surface area contributed by atoms with E-state index in [2.05, 4.69) is 25.3 Å². The second-order valence-electron chi connectivity index (χ2n) is 1.28. The van der Waals surface area contributed by atoms with E-state index in [-0.39, 0.29) is 0 Å². The minimum Gasteiger partial charge on any atom is -0.480 e. The molecule has 0 heterocycles. The number of carboxylic acids is 1. The fourth-order valence-corrected chi connectivity index (χ4v) is 0.0676. The van der Waals surface area contributed by atoms with Gasteiger partial charge in [-0.15, -0.1) is 25.3 Å². The van der Waals surface area contributed by atoms with Gasteiger partial charge in [-0.05, 0) is 0 Å². The van der Waals surface area contributed by atoms with Gasteiger partial charge in [0.2, 0.25) is 0 Å². The molecular weight excluding hydrogens is 148 g/mol. The van der Waals surface area contributed by atoms with Crippen molar-refractivity contribution in [2.24, 2.45) is 0 Å². The van der Waals surface area contributed by atoms with Crippen molar-refractivity contribution in [3.05, 3.63) is 0 Å². The van der Waals surface area contributed by atoms with Crippen LogP contribution in [0.4, 0.5) is 0 Å². The van der Waals surface area contributed by atoms with E-state index in [1.807, 2.05) is 0 Å². The Labute approximate surface area is 57.5 Å². The Morgan fingerprint density at radius 1 is 1.62 bits per heavy atom. The first-order valence-corrected chi connectivity index (χ1v) is 2.69. The highest BCUT2D eigenvalue weighted by molar-refractivity contribution is 8.02. The van der Waals surface area contributed by atoms with Crippen LogP contribution in [-0.2, 0) is 4.79 Å². The maximum absolute atomic E-state index is 9.94. The average Bonchev–Trinajstić information content (AvgIpc) is 1.67. The predicted octanol–water partition coefficient (Wildman–Crippen LogP) is -0.381. The normalized spacial score (nSPS) is 11.4. The van der Waals surface area contributed by atoms with Crippen molar-refractivity contribution < 1.29 is 15.0 Å². The summed E-state index contributed by atoms with van der Waals surface area (Å²) in [5, 5.41) is 16.4. The quantitative estimate of drug-likeness (QED) is 0.324. The molecule has 0 amide bonds. The first-order valence-electron chi connectivity index (χ1n) is 1.79. The number of hydrogen-bond donors (Lipinski definition) is 4. The predicted molar refractivity (Wildman–Crippen MR) is 35.4 cm³/mol. The molecule has 0 aromatic rings. The molecule has 0 saturated heterocycles. The van der Waals surface area contributed by atoms with Gasteiger partial charge in [-0.25, -0.2) is 4.79 Å². The molecule has 3 nitrogen and oxygen atoms in total. The lowest BCUT2D eigenvalue weighted by molar-refractivity contribution is -0.137. The zero-order valence-electron chi connectivity index (χ0n) is 3.90. The molecule has 0 aromatic carbocycles. The summed E-state index contributed by atoms with van der Waals surface area (Å²) in [5.41, 5.74) is 0. The third-order valence-corrected chi connectivity index (χ3v) is 1.23. The number of thiol groups is 2. The summed E-state index contributed by atoms with van der Waals surface area (Å²) in [6.45, 7) is -0.589. The van der Waals surface area contributed by atoms with Crippen molar-refractivity contribution in [1.29, 1.82) is 0 Å². The molecule has 0 spiro atoms. The van der Waals surface area contributed by atoms with E-state index >= 15 is 0 Å². The molecular formula is C3H6O3S2. The lowest BCUT2D eigenvalue weighted by Crippen LogP contribution is -2.29. The van der Waals surface area contributed by atoms with Gasteiger partial charge in [-0.3, -0.25) is 0 Å². The summed E-state index contributed by atoms with van der Waals surface area (Å²) in [4.78, 5) is 9.94. The smallest absolute Gasteiger partial charge is 0.331 e. The molecule has 0 rings (SSSR count). The fraction of sp³-hybridized carbons (Fsp3) is 0.667. The SMILES string of the molecule is O=C(O)C(S)(S)CO. The minimum atomic E-state index is -1.60. The molecule has 8 heavy (non-hydrogen) atoms. The van der Waals surface area contributed by atoms with Crippen LogP contribution >= 0.6 is 25.3 Å². The highest BCUT2D eigenvalue weighted by atomic mass is 32.2. The van der Waals surface area contributed by atoms with Crippen LogP contribution in [0, 0.1) is 0 Å². The zero-order valence-corrected chi connectivity index (χ0v) is 5.69. The molecule has 5 heteroatoms. The van der Waals surface area contributed by atoms with Crippen LogP contribution in [0.2, 0.25) is 0 Å². The first kappa shape index (κ1) is 8.13. The van der Waals surface area contributed by atoms with Gasteiger partial charge in [0.1, 0.15) is 0 Å². The minimum absolute atomic E-state index is 0.589. The molecule has 0 aromatic heterocycles. The van der Waals surface area contributed by atoms with Gasteiger partial charge >= 0.3 is 5.97 Å². The lowest BCUT2D eigenvalue weighted by Gasteiger charge is -2.11. The Morgan fingerprint density at radius 3 is 2.00 bits per heavy atom. The molecule has 0 unspecified atom stereocenters. The van der Waals surface area contributed by atoms with Gasteiger partial charge in [0.15, 0.2) is 4.08 Å². The van der Waals surface area contributed by atoms with Crippen molar-refractivity contribution in [2.45, 2.75) is 4.08 Å². The Hall–Kier alpha value is 0.130. The molecule has 0 radical (unpaired) electrons. The second-order valence-corrected chi connectivity index (χ2v) is 3.16. The van der Waals surface area contributed by atoms with Crippen molar-refractivity contribution in [3.63, 3.8) is 0 Å². The summed E-state index contributed by atoms with van der Waals surface area (Å²) in [7, 11) is 0. The standard InChI is InChI=1S/C3H6O3S2/c4-1-3(7,8)2(5)6/h4,7-8H,1H2,(H,5,6). The fourth-order valence-electron chi connectivity index (χ4n) is 0.0676. The van der Waals surface area contributed by atoms with E-state index in [9.17, 15) is 4.79 Å². The molecule has 0 bridgehead atoms. The van der Waals surface area contributed by atoms with Gasteiger partial charge in [0.05, 0.1) is 6.61 Å². The van der Waals surface area contributed by atoms with Crippen LogP contribution in [0.3, 0.4) is 0 Å². The zero-order chi connectivity index (χ0) is 6.78. The summed E-state index contributed by atoms with van der Waals surface area (Å²) in [5.74, 6) is -1.24. The molecule has 0 saturated carbocycles. The molecule has 2 N–H and O–H groups in total. The third-order valence-electron chi connectivity index (χ3n) is 0.563. The van der Waals surface area contributed by atoms with Crippen LogP contribution in [-0.4, -0.2) is 26.9 Å². The topological polar surface area (TPSA) is 57.5 Å². The van der Waals surface area contributed by atoms with Crippen molar-refractivity contribution in [2.75, 3.05) is 6.61 Å². The number of aliphatic hydroxyl groups is 1. The number of aliphatic hydroxyl groups excluding tert-OH is 1. The van der Waals surface area contributed by atoms with E-state index in [1.54, 1.807) is 0 Å². The Morgan fingerprint density at radius 2 is 2.00 bits per heavy atom. The molecule has 0 aliphatic heterocycles. The molecule has 0 fully saturated rings. The summed E-state index contributed by atoms with van der Waals surface area (Å²) in [6, 6.07) is 0. The van der Waals surface area contributed by atoms with Gasteiger partial charge < -0.3 is 10.2 Å². The third kappa shape index (κ3) is 1.94. The van der Waals surface area contributed by atoms with E-state index in [0.717, 1.165) is 0 Å². The van der Waals surface area contributed by atoms with Crippen LogP contribution in [0.15, 0.2) is 0 Å².